The van der Waals surface area contributed by atoms with Crippen LogP contribution in [0.25, 0.3) is 11.2 Å². The number of anilines is 1. The highest BCUT2D eigenvalue weighted by Crippen LogP contribution is 2.27. The first kappa shape index (κ1) is 11.8. The third kappa shape index (κ3) is 1.89. The number of hydrogen-bond acceptors (Lipinski definition) is 6. The Morgan fingerprint density at radius 2 is 2.37 bits per heavy atom. The molecule has 0 aromatic carbocycles. The molecule has 2 aromatic rings. The number of nitrogens with two attached hydrogens (primary N) is 1. The second-order valence-corrected chi connectivity index (χ2v) is 4.58. The van der Waals surface area contributed by atoms with Crippen LogP contribution in [0.3, 0.4) is 0 Å². The molecule has 1 amide bonds. The summed E-state index contributed by atoms with van der Waals surface area (Å²) >= 11 is 0. The smallest absolute Gasteiger partial charge is 0.242 e. The van der Waals surface area contributed by atoms with Crippen LogP contribution in [0, 0.1) is 0 Å². The summed E-state index contributed by atoms with van der Waals surface area (Å²) in [5.74, 6) is 0.614. The second-order valence-electron chi connectivity index (χ2n) is 4.58. The molecule has 2 atom stereocenters. The molecule has 19 heavy (non-hydrogen) atoms. The lowest BCUT2D eigenvalue weighted by Crippen LogP contribution is -2.42. The molecule has 1 aliphatic rings. The summed E-state index contributed by atoms with van der Waals surface area (Å²) in [5.41, 5.74) is 7.29. The predicted octanol–water partition coefficient (Wildman–Crippen LogP) is -0.995. The standard InChI is InChI=1S/C11H15N7O/c1-13-11(19)7-2-6(12)3-18(7)10-8-9(15-4-14-8)16-5-17-10/h4-7H,2-3,12H2,1H3,(H,13,19)(H,14,15,16,17)/t6-,7+/m1/s1. The van der Waals surface area contributed by atoms with Crippen molar-refractivity contribution in [3.63, 3.8) is 0 Å². The predicted molar refractivity (Wildman–Crippen MR) is 69.5 cm³/mol. The summed E-state index contributed by atoms with van der Waals surface area (Å²) in [4.78, 5) is 29.3. The van der Waals surface area contributed by atoms with Gasteiger partial charge in [0.15, 0.2) is 11.5 Å². The summed E-state index contributed by atoms with van der Waals surface area (Å²) in [6.07, 6.45) is 3.62. The van der Waals surface area contributed by atoms with E-state index in [1.165, 1.54) is 6.33 Å². The average Bonchev–Trinajstić information content (AvgIpc) is 3.03. The monoisotopic (exact) mass is 261 g/mol. The van der Waals surface area contributed by atoms with Crippen LogP contribution >= 0.6 is 0 Å². The highest BCUT2D eigenvalue weighted by atomic mass is 16.2. The zero-order valence-electron chi connectivity index (χ0n) is 10.5. The van der Waals surface area contributed by atoms with Crippen LogP contribution in [0.2, 0.25) is 0 Å². The van der Waals surface area contributed by atoms with Crippen LogP contribution in [0.4, 0.5) is 5.82 Å². The van der Waals surface area contributed by atoms with Crippen molar-refractivity contribution in [2.24, 2.45) is 5.73 Å². The number of imidazole rings is 1. The minimum atomic E-state index is -0.304. The molecule has 1 saturated heterocycles. The van der Waals surface area contributed by atoms with E-state index >= 15 is 0 Å². The molecule has 0 aliphatic carbocycles. The third-order valence-corrected chi connectivity index (χ3v) is 3.36. The molecule has 4 N–H and O–H groups in total. The third-order valence-electron chi connectivity index (χ3n) is 3.36. The minimum absolute atomic E-state index is 0.0461. The molecule has 0 saturated carbocycles. The topological polar surface area (TPSA) is 113 Å². The van der Waals surface area contributed by atoms with Gasteiger partial charge in [-0.1, -0.05) is 0 Å². The molecule has 3 heterocycles. The quantitative estimate of drug-likeness (QED) is 0.639. The molecule has 0 bridgehead atoms. The van der Waals surface area contributed by atoms with Crippen molar-refractivity contribution in [3.8, 4) is 0 Å². The van der Waals surface area contributed by atoms with E-state index in [1.54, 1.807) is 13.4 Å². The Morgan fingerprint density at radius 3 is 3.16 bits per heavy atom. The first-order chi connectivity index (χ1) is 9.20. The molecule has 8 nitrogen and oxygen atoms in total. The van der Waals surface area contributed by atoms with Gasteiger partial charge in [0.2, 0.25) is 5.91 Å². The molecule has 3 rings (SSSR count). The average molecular weight is 261 g/mol. The highest BCUT2D eigenvalue weighted by molar-refractivity contribution is 5.90. The second kappa shape index (κ2) is 4.47. The van der Waals surface area contributed by atoms with Crippen LogP contribution in [0.5, 0.6) is 0 Å². The number of likely N-dealkylation sites (N-methyl/N-ethyl adjacent to an activating group) is 1. The number of amides is 1. The number of carbonyl (C=O) groups is 1. The van der Waals surface area contributed by atoms with Gasteiger partial charge in [0, 0.05) is 19.6 Å². The van der Waals surface area contributed by atoms with Crippen LogP contribution in [-0.4, -0.2) is 51.5 Å². The summed E-state index contributed by atoms with van der Waals surface area (Å²) in [6.45, 7) is 0.587. The van der Waals surface area contributed by atoms with Crippen molar-refractivity contribution in [1.82, 2.24) is 25.3 Å². The number of rotatable bonds is 2. The van der Waals surface area contributed by atoms with E-state index in [0.717, 1.165) is 5.52 Å². The molecule has 8 heteroatoms. The zero-order chi connectivity index (χ0) is 13.4. The van der Waals surface area contributed by atoms with E-state index in [2.05, 4.69) is 25.3 Å². The van der Waals surface area contributed by atoms with E-state index in [1.807, 2.05) is 4.90 Å². The first-order valence-electron chi connectivity index (χ1n) is 6.08. The van der Waals surface area contributed by atoms with Gasteiger partial charge in [-0.2, -0.15) is 0 Å². The fourth-order valence-electron chi connectivity index (χ4n) is 2.49. The lowest BCUT2D eigenvalue weighted by molar-refractivity contribution is -0.121. The Bertz CT molecular complexity index is 610. The van der Waals surface area contributed by atoms with Gasteiger partial charge in [0.25, 0.3) is 0 Å². The normalized spacial score (nSPS) is 22.9. The first-order valence-corrected chi connectivity index (χ1v) is 6.08. The lowest BCUT2D eigenvalue weighted by Gasteiger charge is -2.24. The number of nitrogens with one attached hydrogen (secondary N) is 2. The van der Waals surface area contributed by atoms with Crippen molar-refractivity contribution < 1.29 is 4.79 Å². The molecule has 1 fully saturated rings. The number of hydrogen-bond donors (Lipinski definition) is 3. The van der Waals surface area contributed by atoms with Crippen molar-refractivity contribution in [2.75, 3.05) is 18.5 Å². The Labute approximate surface area is 109 Å². The summed E-state index contributed by atoms with van der Waals surface area (Å²) in [5, 5.41) is 2.66. The maximum atomic E-state index is 11.9. The van der Waals surface area contributed by atoms with Crippen molar-refractivity contribution in [2.45, 2.75) is 18.5 Å². The Morgan fingerprint density at radius 1 is 1.53 bits per heavy atom. The van der Waals surface area contributed by atoms with Crippen LogP contribution in [0.15, 0.2) is 12.7 Å². The SMILES string of the molecule is CNC(=O)[C@@H]1C[C@@H](N)CN1c1ncnc2nc[nH]c12. The van der Waals surface area contributed by atoms with E-state index in [9.17, 15) is 4.79 Å². The molecule has 2 aromatic heterocycles. The van der Waals surface area contributed by atoms with Crippen molar-refractivity contribution >= 4 is 22.9 Å². The molecular weight excluding hydrogens is 246 g/mol. The number of carbonyl (C=O) groups excluding carboxylic acids is 1. The fourth-order valence-corrected chi connectivity index (χ4v) is 2.49. The molecule has 100 valence electrons. The van der Waals surface area contributed by atoms with Crippen molar-refractivity contribution in [3.05, 3.63) is 12.7 Å². The molecule has 0 radical (unpaired) electrons. The summed E-state index contributed by atoms with van der Waals surface area (Å²) in [7, 11) is 1.62. The Balaban J connectivity index is 2.04. The minimum Gasteiger partial charge on any atom is -0.357 e. The van der Waals surface area contributed by atoms with Gasteiger partial charge < -0.3 is 20.9 Å². The van der Waals surface area contributed by atoms with Crippen molar-refractivity contribution in [1.29, 1.82) is 0 Å². The number of aromatic nitrogens is 4. The Kier molecular flexibility index (Phi) is 2.79. The van der Waals surface area contributed by atoms with Gasteiger partial charge in [-0.3, -0.25) is 4.79 Å². The zero-order valence-corrected chi connectivity index (χ0v) is 10.5. The fraction of sp³-hybridized carbons (Fsp3) is 0.455. The molecule has 0 spiro atoms. The maximum absolute atomic E-state index is 11.9. The molecular formula is C11H15N7O. The Hall–Kier alpha value is -2.22. The number of nitrogens with zero attached hydrogens (tertiary/aromatic N) is 4. The number of H-pyrrole nitrogens is 1. The van der Waals surface area contributed by atoms with Crippen LogP contribution in [0.1, 0.15) is 6.42 Å². The summed E-state index contributed by atoms with van der Waals surface area (Å²) in [6, 6.07) is -0.350. The van der Waals surface area contributed by atoms with E-state index in [0.29, 0.717) is 24.4 Å². The number of fused-ring (bicyclic) bond motifs is 1. The number of aromatic amines is 1. The van der Waals surface area contributed by atoms with Crippen LogP contribution < -0.4 is 16.0 Å². The lowest BCUT2D eigenvalue weighted by atomic mass is 10.1. The summed E-state index contributed by atoms with van der Waals surface area (Å²) < 4.78 is 0. The van der Waals surface area contributed by atoms with Gasteiger partial charge in [-0.15, -0.1) is 0 Å². The largest absolute Gasteiger partial charge is 0.357 e. The highest BCUT2D eigenvalue weighted by Gasteiger charge is 2.36. The molecule has 1 aliphatic heterocycles. The van der Waals surface area contributed by atoms with Gasteiger partial charge in [0.1, 0.15) is 17.9 Å². The van der Waals surface area contributed by atoms with Gasteiger partial charge in [-0.25, -0.2) is 15.0 Å². The van der Waals surface area contributed by atoms with E-state index in [-0.39, 0.29) is 18.0 Å². The van der Waals surface area contributed by atoms with Gasteiger partial charge >= 0.3 is 0 Å². The van der Waals surface area contributed by atoms with E-state index < -0.39 is 0 Å². The van der Waals surface area contributed by atoms with Gasteiger partial charge in [0.05, 0.1) is 6.33 Å². The van der Waals surface area contributed by atoms with Gasteiger partial charge in [-0.05, 0) is 6.42 Å². The van der Waals surface area contributed by atoms with Crippen LogP contribution in [-0.2, 0) is 4.79 Å². The maximum Gasteiger partial charge on any atom is 0.242 e. The van der Waals surface area contributed by atoms with E-state index in [4.69, 9.17) is 5.73 Å². The molecule has 0 unspecified atom stereocenters.